The number of hydrogen-bond acceptors (Lipinski definition) is 7. The average molecular weight is 328 g/mol. The maximum Gasteiger partial charge on any atom is 0.308 e. The summed E-state index contributed by atoms with van der Waals surface area (Å²) in [7, 11) is 1.38. The molecule has 4 heterocycles. The van der Waals surface area contributed by atoms with Gasteiger partial charge in [0.1, 0.15) is 30.5 Å². The monoisotopic (exact) mass is 328 g/mol. The number of aliphatic hydroxyl groups is 1. The molecule has 23 heavy (non-hydrogen) atoms. The number of aliphatic hydroxyl groups excluding tert-OH is 1. The average Bonchev–Trinajstić information content (AvgIpc) is 3.05. The highest BCUT2D eigenvalue weighted by molar-refractivity contribution is 5.69. The van der Waals surface area contributed by atoms with Crippen molar-refractivity contribution >= 4 is 5.97 Å². The molecule has 1 N–H and O–H groups in total. The summed E-state index contributed by atoms with van der Waals surface area (Å²) in [5, 5.41) is 10.5. The molecule has 0 aliphatic carbocycles. The van der Waals surface area contributed by atoms with Crippen molar-refractivity contribution in [1.82, 2.24) is 0 Å². The molecule has 7 heteroatoms. The Morgan fingerprint density at radius 3 is 2.61 bits per heavy atom. The molecule has 130 valence electrons. The van der Waals surface area contributed by atoms with Crippen LogP contribution in [0.2, 0.25) is 0 Å². The largest absolute Gasteiger partial charge is 0.469 e. The Bertz CT molecular complexity index is 483. The van der Waals surface area contributed by atoms with E-state index in [4.69, 9.17) is 23.7 Å². The number of rotatable bonds is 4. The fraction of sp³-hybridized carbons (Fsp3) is 0.938. The highest BCUT2D eigenvalue weighted by Crippen LogP contribution is 2.52. The van der Waals surface area contributed by atoms with Gasteiger partial charge in [0.15, 0.2) is 5.79 Å². The van der Waals surface area contributed by atoms with Gasteiger partial charge in [-0.1, -0.05) is 13.3 Å². The van der Waals surface area contributed by atoms with Gasteiger partial charge in [-0.2, -0.15) is 0 Å². The van der Waals surface area contributed by atoms with Gasteiger partial charge in [-0.3, -0.25) is 4.79 Å². The number of hydrogen-bond donors (Lipinski definition) is 1. The minimum Gasteiger partial charge on any atom is -0.469 e. The predicted molar refractivity (Wildman–Crippen MR) is 76.6 cm³/mol. The second-order valence-corrected chi connectivity index (χ2v) is 6.89. The summed E-state index contributed by atoms with van der Waals surface area (Å²) in [4.78, 5) is 11.5. The van der Waals surface area contributed by atoms with Crippen molar-refractivity contribution in [3.05, 3.63) is 0 Å². The van der Waals surface area contributed by atoms with E-state index in [1.165, 1.54) is 7.11 Å². The van der Waals surface area contributed by atoms with E-state index in [0.29, 0.717) is 6.42 Å². The molecule has 0 aromatic carbocycles. The predicted octanol–water partition coefficient (Wildman–Crippen LogP) is 0.519. The number of ether oxygens (including phenoxy) is 5. The maximum absolute atomic E-state index is 11.5. The lowest BCUT2D eigenvalue weighted by Crippen LogP contribution is -2.65. The summed E-state index contributed by atoms with van der Waals surface area (Å²) < 4.78 is 29.0. The molecule has 2 bridgehead atoms. The fourth-order valence-corrected chi connectivity index (χ4v) is 4.41. The minimum atomic E-state index is -0.960. The number of esters is 1. The Hall–Kier alpha value is -0.730. The molecule has 0 aromatic heterocycles. The van der Waals surface area contributed by atoms with E-state index in [-0.39, 0.29) is 49.0 Å². The summed E-state index contributed by atoms with van der Waals surface area (Å²) in [5.41, 5.74) is 0. The molecule has 0 aromatic rings. The third-order valence-corrected chi connectivity index (χ3v) is 5.45. The summed E-state index contributed by atoms with van der Waals surface area (Å²) >= 11 is 0. The van der Waals surface area contributed by atoms with Crippen LogP contribution in [0, 0.1) is 0 Å². The standard InChI is InChI=1S/C16H24O7/c1-3-6-16-15(18)14-13(23-16)12(22-16)11-9(21-14)5-4-8(20-11)7-10(17)19-2/h8-9,11-15,18H,3-7H2,1-2H3/t8-,9+,11+,12+,13+,14-,15-,16+/m1/s1. The lowest BCUT2D eigenvalue weighted by Gasteiger charge is -2.49. The SMILES string of the molecule is CCC[C@]12O[C@@H]3[C@H](O1)[C@@H](O[C@H]1CC[C@H](CC(=O)OC)O[C@H]31)[C@H]2O. The van der Waals surface area contributed by atoms with Crippen molar-refractivity contribution in [2.24, 2.45) is 0 Å². The van der Waals surface area contributed by atoms with E-state index < -0.39 is 11.9 Å². The molecule has 0 amide bonds. The highest BCUT2D eigenvalue weighted by Gasteiger charge is 2.70. The van der Waals surface area contributed by atoms with Gasteiger partial charge in [0, 0.05) is 6.42 Å². The van der Waals surface area contributed by atoms with Gasteiger partial charge < -0.3 is 28.8 Å². The quantitative estimate of drug-likeness (QED) is 0.753. The molecule has 4 fully saturated rings. The number of carbonyl (C=O) groups excluding carboxylic acids is 1. The van der Waals surface area contributed by atoms with Crippen LogP contribution in [-0.4, -0.2) is 66.7 Å². The van der Waals surface area contributed by atoms with Crippen LogP contribution in [0.4, 0.5) is 0 Å². The Balaban J connectivity index is 1.50. The third-order valence-electron chi connectivity index (χ3n) is 5.45. The highest BCUT2D eigenvalue weighted by atomic mass is 16.8. The van der Waals surface area contributed by atoms with E-state index in [0.717, 1.165) is 19.3 Å². The van der Waals surface area contributed by atoms with Gasteiger partial charge in [-0.15, -0.1) is 0 Å². The van der Waals surface area contributed by atoms with Gasteiger partial charge in [-0.25, -0.2) is 0 Å². The van der Waals surface area contributed by atoms with Crippen LogP contribution in [0.3, 0.4) is 0 Å². The van der Waals surface area contributed by atoms with Crippen molar-refractivity contribution in [1.29, 1.82) is 0 Å². The zero-order chi connectivity index (χ0) is 16.2. The first kappa shape index (κ1) is 15.8. The second-order valence-electron chi connectivity index (χ2n) is 6.89. The first-order valence-electron chi connectivity index (χ1n) is 8.49. The summed E-state index contributed by atoms with van der Waals surface area (Å²) in [6.07, 6.45) is 1.04. The lowest BCUT2D eigenvalue weighted by atomic mass is 9.85. The van der Waals surface area contributed by atoms with Gasteiger partial charge in [-0.05, 0) is 12.8 Å². The molecule has 0 saturated carbocycles. The molecular formula is C16H24O7. The van der Waals surface area contributed by atoms with Crippen LogP contribution in [-0.2, 0) is 28.5 Å². The third kappa shape index (κ3) is 2.33. The second kappa shape index (κ2) is 5.67. The molecule has 4 rings (SSSR count). The zero-order valence-electron chi connectivity index (χ0n) is 13.5. The van der Waals surface area contributed by atoms with Gasteiger partial charge in [0.2, 0.25) is 0 Å². The molecular weight excluding hydrogens is 304 g/mol. The number of carbonyl (C=O) groups is 1. The van der Waals surface area contributed by atoms with Crippen LogP contribution >= 0.6 is 0 Å². The van der Waals surface area contributed by atoms with Gasteiger partial charge in [0.25, 0.3) is 0 Å². The summed E-state index contributed by atoms with van der Waals surface area (Å²) in [5.74, 6) is -1.23. The van der Waals surface area contributed by atoms with Crippen molar-refractivity contribution in [3.8, 4) is 0 Å². The van der Waals surface area contributed by atoms with Crippen LogP contribution in [0.5, 0.6) is 0 Å². The van der Waals surface area contributed by atoms with E-state index in [1.54, 1.807) is 0 Å². The van der Waals surface area contributed by atoms with E-state index in [1.807, 2.05) is 6.92 Å². The van der Waals surface area contributed by atoms with Crippen LogP contribution < -0.4 is 0 Å². The molecule has 0 radical (unpaired) electrons. The fourth-order valence-electron chi connectivity index (χ4n) is 4.41. The molecule has 8 atom stereocenters. The Morgan fingerprint density at radius 1 is 1.17 bits per heavy atom. The lowest BCUT2D eigenvalue weighted by molar-refractivity contribution is -0.299. The Labute approximate surface area is 135 Å². The molecule has 0 unspecified atom stereocenters. The van der Waals surface area contributed by atoms with Crippen molar-refractivity contribution in [2.45, 2.75) is 87.5 Å². The number of fused-ring (bicyclic) bond motifs is 3. The topological polar surface area (TPSA) is 83.5 Å². The minimum absolute atomic E-state index is 0.119. The molecule has 7 nitrogen and oxygen atoms in total. The van der Waals surface area contributed by atoms with Gasteiger partial charge >= 0.3 is 5.97 Å². The first-order valence-corrected chi connectivity index (χ1v) is 8.49. The van der Waals surface area contributed by atoms with E-state index in [9.17, 15) is 9.90 Å². The van der Waals surface area contributed by atoms with Crippen molar-refractivity contribution in [2.75, 3.05) is 7.11 Å². The van der Waals surface area contributed by atoms with Crippen LogP contribution in [0.15, 0.2) is 0 Å². The molecule has 4 aliphatic rings. The zero-order valence-corrected chi connectivity index (χ0v) is 13.5. The van der Waals surface area contributed by atoms with Crippen molar-refractivity contribution < 1.29 is 33.6 Å². The van der Waals surface area contributed by atoms with Crippen LogP contribution in [0.1, 0.15) is 39.0 Å². The van der Waals surface area contributed by atoms with E-state index in [2.05, 4.69) is 0 Å². The van der Waals surface area contributed by atoms with E-state index >= 15 is 0 Å². The normalized spacial score (nSPS) is 50.7. The molecule has 0 spiro atoms. The molecule has 4 aliphatic heterocycles. The smallest absolute Gasteiger partial charge is 0.308 e. The number of methoxy groups -OCH3 is 1. The van der Waals surface area contributed by atoms with Crippen LogP contribution in [0.25, 0.3) is 0 Å². The first-order chi connectivity index (χ1) is 11.1. The Morgan fingerprint density at radius 2 is 1.91 bits per heavy atom. The summed E-state index contributed by atoms with van der Waals surface area (Å²) in [6.45, 7) is 2.03. The van der Waals surface area contributed by atoms with Crippen molar-refractivity contribution in [3.63, 3.8) is 0 Å². The summed E-state index contributed by atoms with van der Waals surface area (Å²) in [6, 6.07) is 0. The van der Waals surface area contributed by atoms with Gasteiger partial charge in [0.05, 0.1) is 25.7 Å². The molecule has 4 saturated heterocycles. The Kier molecular flexibility index (Phi) is 3.89. The maximum atomic E-state index is 11.5.